The minimum absolute atomic E-state index is 0.0842. The number of benzene rings is 3. The molecule has 0 unspecified atom stereocenters. The molecule has 2 nitrogen and oxygen atoms in total. The summed E-state index contributed by atoms with van der Waals surface area (Å²) in [5, 5.41) is 0. The molecule has 1 heterocycles. The van der Waals surface area contributed by atoms with Crippen LogP contribution in [0, 0.1) is 18.6 Å². The molecule has 0 N–H and O–H groups in total. The topological polar surface area (TPSA) is 13.1 Å². The molecule has 0 aliphatic rings. The summed E-state index contributed by atoms with van der Waals surface area (Å²) >= 11 is 0. The summed E-state index contributed by atoms with van der Waals surface area (Å²) in [6.45, 7) is 2.88. The second kappa shape index (κ2) is 10.2. The molecule has 0 aliphatic carbocycles. The summed E-state index contributed by atoms with van der Waals surface area (Å²) in [4.78, 5) is 0. The Kier molecular flexibility index (Phi) is 6.90. The third kappa shape index (κ3) is 5.79. The summed E-state index contributed by atoms with van der Waals surface area (Å²) in [6, 6.07) is 25.1. The number of pyridine rings is 1. The molecule has 0 aliphatic heterocycles. The Bertz CT molecular complexity index is 1080. The molecular formula is C28H26F2NO+. The number of rotatable bonds is 8. The maximum Gasteiger partial charge on any atom is 0.172 e. The number of ether oxygens (including phenoxy) is 1. The summed E-state index contributed by atoms with van der Waals surface area (Å²) in [7, 11) is 0. The van der Waals surface area contributed by atoms with Crippen molar-refractivity contribution in [2.45, 2.75) is 32.2 Å². The highest BCUT2D eigenvalue weighted by molar-refractivity contribution is 5.33. The zero-order chi connectivity index (χ0) is 22.3. The summed E-state index contributed by atoms with van der Waals surface area (Å²) in [5.74, 6) is 1.18. The van der Waals surface area contributed by atoms with E-state index < -0.39 is 0 Å². The molecule has 0 atom stereocenters. The highest BCUT2D eigenvalue weighted by atomic mass is 19.1. The number of hydrogen-bond acceptors (Lipinski definition) is 1. The van der Waals surface area contributed by atoms with Gasteiger partial charge < -0.3 is 4.74 Å². The largest absolute Gasteiger partial charge is 0.457 e. The zero-order valence-electron chi connectivity index (χ0n) is 18.0. The van der Waals surface area contributed by atoms with Gasteiger partial charge in [0.05, 0.1) is 0 Å². The van der Waals surface area contributed by atoms with Crippen molar-refractivity contribution >= 4 is 0 Å². The molecule has 0 radical (unpaired) electrons. The van der Waals surface area contributed by atoms with Crippen LogP contribution in [0.1, 0.15) is 35.4 Å². The van der Waals surface area contributed by atoms with Crippen LogP contribution in [0.5, 0.6) is 11.5 Å². The van der Waals surface area contributed by atoms with Gasteiger partial charge in [0.15, 0.2) is 12.4 Å². The third-order valence-corrected chi connectivity index (χ3v) is 5.57. The Labute approximate surface area is 187 Å². The van der Waals surface area contributed by atoms with E-state index in [1.807, 2.05) is 80.0 Å². The number of nitrogens with zero attached hydrogens (tertiary/aromatic N) is 1. The maximum atomic E-state index is 13.4. The van der Waals surface area contributed by atoms with Crippen molar-refractivity contribution in [1.82, 2.24) is 0 Å². The Morgan fingerprint density at radius 3 is 1.72 bits per heavy atom. The predicted octanol–water partition coefficient (Wildman–Crippen LogP) is 6.97. The molecule has 0 bridgehead atoms. The van der Waals surface area contributed by atoms with Crippen LogP contribution in [0.25, 0.3) is 0 Å². The van der Waals surface area contributed by atoms with Crippen molar-refractivity contribution in [2.75, 3.05) is 0 Å². The molecule has 162 valence electrons. The lowest BCUT2D eigenvalue weighted by molar-refractivity contribution is -0.697. The second-order valence-electron chi connectivity index (χ2n) is 7.98. The number of halogens is 2. The van der Waals surface area contributed by atoms with Gasteiger partial charge in [-0.1, -0.05) is 42.0 Å². The van der Waals surface area contributed by atoms with E-state index in [0.717, 1.165) is 42.0 Å². The summed E-state index contributed by atoms with van der Waals surface area (Å²) in [5.41, 5.74) is 3.26. The fraction of sp³-hybridized carbons (Fsp3) is 0.179. The van der Waals surface area contributed by atoms with Crippen LogP contribution in [-0.2, 0) is 6.54 Å². The van der Waals surface area contributed by atoms with Crippen molar-refractivity contribution < 1.29 is 18.1 Å². The highest BCUT2D eigenvalue weighted by Crippen LogP contribution is 2.29. The molecule has 1 aromatic heterocycles. The number of aryl methyl sites for hydroxylation is 2. The van der Waals surface area contributed by atoms with E-state index in [9.17, 15) is 8.78 Å². The van der Waals surface area contributed by atoms with Crippen LogP contribution >= 0.6 is 0 Å². The van der Waals surface area contributed by atoms with Crippen LogP contribution < -0.4 is 9.30 Å². The van der Waals surface area contributed by atoms with Crippen molar-refractivity contribution in [3.05, 3.63) is 126 Å². The molecule has 0 fully saturated rings. The van der Waals surface area contributed by atoms with E-state index in [1.165, 1.54) is 29.8 Å². The first kappa shape index (κ1) is 21.7. The van der Waals surface area contributed by atoms with Crippen LogP contribution in [-0.4, -0.2) is 0 Å². The molecule has 4 rings (SSSR count). The smallest absolute Gasteiger partial charge is 0.172 e. The minimum atomic E-state index is -0.255. The molecule has 3 aromatic carbocycles. The van der Waals surface area contributed by atoms with Crippen LogP contribution in [0.2, 0.25) is 0 Å². The zero-order valence-corrected chi connectivity index (χ0v) is 18.0. The van der Waals surface area contributed by atoms with Crippen LogP contribution in [0.3, 0.4) is 0 Å². The minimum Gasteiger partial charge on any atom is -0.457 e. The summed E-state index contributed by atoms with van der Waals surface area (Å²) < 4.78 is 34.8. The first-order chi connectivity index (χ1) is 15.6. The summed E-state index contributed by atoms with van der Waals surface area (Å²) in [6.07, 6.45) is 5.80. The molecule has 4 heteroatoms. The van der Waals surface area contributed by atoms with E-state index in [1.54, 1.807) is 0 Å². The van der Waals surface area contributed by atoms with Gasteiger partial charge in [-0.3, -0.25) is 0 Å². The second-order valence-corrected chi connectivity index (χ2v) is 7.98. The lowest BCUT2D eigenvalue weighted by atomic mass is 9.87. The van der Waals surface area contributed by atoms with Gasteiger partial charge in [-0.25, -0.2) is 13.3 Å². The fourth-order valence-electron chi connectivity index (χ4n) is 3.80. The Hall–Kier alpha value is -3.53. The van der Waals surface area contributed by atoms with Gasteiger partial charge in [0.1, 0.15) is 29.7 Å². The number of aromatic nitrogens is 1. The van der Waals surface area contributed by atoms with Crippen molar-refractivity contribution in [3.63, 3.8) is 0 Å². The van der Waals surface area contributed by atoms with Gasteiger partial charge in [0.2, 0.25) is 0 Å². The van der Waals surface area contributed by atoms with E-state index in [2.05, 4.69) is 4.57 Å². The SMILES string of the molecule is Cc1ccc(Oc2cc[n+](CCCC(c3ccc(F)cc3)c3ccc(F)cc3)cc2)cc1. The molecular weight excluding hydrogens is 404 g/mol. The first-order valence-corrected chi connectivity index (χ1v) is 10.8. The molecule has 0 saturated heterocycles. The van der Waals surface area contributed by atoms with E-state index in [-0.39, 0.29) is 17.6 Å². The lowest BCUT2D eigenvalue weighted by Crippen LogP contribution is -2.32. The van der Waals surface area contributed by atoms with E-state index in [4.69, 9.17) is 4.74 Å². The molecule has 32 heavy (non-hydrogen) atoms. The maximum absolute atomic E-state index is 13.4. The average molecular weight is 431 g/mol. The van der Waals surface area contributed by atoms with Gasteiger partial charge >= 0.3 is 0 Å². The first-order valence-electron chi connectivity index (χ1n) is 10.8. The van der Waals surface area contributed by atoms with Crippen LogP contribution in [0.15, 0.2) is 97.3 Å². The van der Waals surface area contributed by atoms with E-state index >= 15 is 0 Å². The molecule has 0 spiro atoms. The highest BCUT2D eigenvalue weighted by Gasteiger charge is 2.16. The van der Waals surface area contributed by atoms with Crippen molar-refractivity contribution in [1.29, 1.82) is 0 Å². The monoisotopic (exact) mass is 430 g/mol. The van der Waals surface area contributed by atoms with Gasteiger partial charge in [-0.05, 0) is 60.9 Å². The molecule has 0 amide bonds. The standard InChI is InChI=1S/C28H26F2NO/c1-21-4-14-26(15-5-21)32-27-16-19-31(20-17-27)18-2-3-28(22-6-10-24(29)11-7-22)23-8-12-25(30)13-9-23/h4-17,19-20,28H,2-3,18H2,1H3/q+1. The Morgan fingerprint density at radius 2 is 1.19 bits per heavy atom. The average Bonchev–Trinajstić information content (AvgIpc) is 2.81. The van der Waals surface area contributed by atoms with Gasteiger partial charge in [0.25, 0.3) is 0 Å². The van der Waals surface area contributed by atoms with Gasteiger partial charge in [0, 0.05) is 24.5 Å². The number of hydrogen-bond donors (Lipinski definition) is 0. The normalized spacial score (nSPS) is 11.0. The Balaban J connectivity index is 1.39. The fourth-order valence-corrected chi connectivity index (χ4v) is 3.80. The lowest BCUT2D eigenvalue weighted by Gasteiger charge is -2.17. The van der Waals surface area contributed by atoms with Gasteiger partial charge in [-0.2, -0.15) is 0 Å². The predicted molar refractivity (Wildman–Crippen MR) is 122 cm³/mol. The van der Waals surface area contributed by atoms with Crippen molar-refractivity contribution in [3.8, 4) is 11.5 Å². The Morgan fingerprint density at radius 1 is 0.688 bits per heavy atom. The quantitative estimate of drug-likeness (QED) is 0.275. The van der Waals surface area contributed by atoms with Gasteiger partial charge in [-0.15, -0.1) is 0 Å². The molecule has 0 saturated carbocycles. The third-order valence-electron chi connectivity index (χ3n) is 5.57. The van der Waals surface area contributed by atoms with Crippen LogP contribution in [0.4, 0.5) is 8.78 Å². The molecule has 4 aromatic rings. The van der Waals surface area contributed by atoms with E-state index in [0.29, 0.717) is 0 Å². The van der Waals surface area contributed by atoms with Crippen molar-refractivity contribution in [2.24, 2.45) is 0 Å².